The molecule has 0 aliphatic rings. The summed E-state index contributed by atoms with van der Waals surface area (Å²) in [7, 11) is 0. The van der Waals surface area contributed by atoms with E-state index >= 15 is 0 Å². The van der Waals surface area contributed by atoms with Crippen molar-refractivity contribution in [3.05, 3.63) is 89.7 Å². The van der Waals surface area contributed by atoms with E-state index in [2.05, 4.69) is 0 Å². The Morgan fingerprint density at radius 3 is 2.55 bits per heavy atom. The van der Waals surface area contributed by atoms with Gasteiger partial charge in [-0.2, -0.15) is 0 Å². The van der Waals surface area contributed by atoms with E-state index in [9.17, 15) is 4.79 Å². The van der Waals surface area contributed by atoms with E-state index in [0.717, 1.165) is 33.2 Å². The predicted molar refractivity (Wildman–Crippen MR) is 112 cm³/mol. The molecule has 4 rings (SSSR count). The number of benzene rings is 3. The lowest BCUT2D eigenvalue weighted by Gasteiger charge is -2.12. The maximum atomic E-state index is 11.1. The Morgan fingerprint density at radius 2 is 1.79 bits per heavy atom. The van der Waals surface area contributed by atoms with Gasteiger partial charge in [-0.25, -0.2) is 0 Å². The number of aliphatic carboxylic acids is 1. The van der Waals surface area contributed by atoms with Gasteiger partial charge in [-0.05, 0) is 41.0 Å². The van der Waals surface area contributed by atoms with Gasteiger partial charge in [-0.1, -0.05) is 42.5 Å². The third kappa shape index (κ3) is 4.15. The summed E-state index contributed by atoms with van der Waals surface area (Å²) in [5.74, 6) is -0.305. The van der Waals surface area contributed by atoms with E-state index in [1.807, 2.05) is 54.6 Å². The summed E-state index contributed by atoms with van der Waals surface area (Å²) < 4.78 is 11.7. The number of carbonyl (C=O) groups is 1. The van der Waals surface area contributed by atoms with E-state index in [1.165, 1.54) is 0 Å². The number of hydrogen-bond donors (Lipinski definition) is 2. The van der Waals surface area contributed by atoms with Gasteiger partial charge in [0.1, 0.15) is 17.9 Å². The highest BCUT2D eigenvalue weighted by Gasteiger charge is 2.12. The Labute approximate surface area is 168 Å². The number of ether oxygens (including phenoxy) is 1. The SMILES string of the molecule is NCc1ccc(-c2cc(COc3ccccc3CC(=O)O)cc3ccoc23)cc1. The van der Waals surface area contributed by atoms with Gasteiger partial charge >= 0.3 is 5.97 Å². The summed E-state index contributed by atoms with van der Waals surface area (Å²) >= 11 is 0. The zero-order valence-electron chi connectivity index (χ0n) is 15.8. The molecule has 0 spiro atoms. The second-order valence-electron chi connectivity index (χ2n) is 6.85. The predicted octanol–water partition coefficient (Wildman–Crippen LogP) is 4.76. The standard InChI is InChI=1S/C24H21NO4/c25-14-16-5-7-18(8-6-16)21-12-17(11-20-9-10-28-24(20)21)15-29-22-4-2-1-3-19(22)13-23(26)27/h1-12H,13-15,25H2,(H,26,27). The van der Waals surface area contributed by atoms with Crippen molar-refractivity contribution in [1.29, 1.82) is 0 Å². The molecule has 5 nitrogen and oxygen atoms in total. The fourth-order valence-corrected chi connectivity index (χ4v) is 3.38. The minimum atomic E-state index is -0.885. The summed E-state index contributed by atoms with van der Waals surface area (Å²) in [6.07, 6.45) is 1.60. The Balaban J connectivity index is 1.64. The Bertz CT molecular complexity index is 1150. The zero-order valence-corrected chi connectivity index (χ0v) is 15.8. The van der Waals surface area contributed by atoms with Crippen molar-refractivity contribution in [3.8, 4) is 16.9 Å². The van der Waals surface area contributed by atoms with Crippen LogP contribution >= 0.6 is 0 Å². The van der Waals surface area contributed by atoms with Crippen LogP contribution in [0.1, 0.15) is 16.7 Å². The van der Waals surface area contributed by atoms with Gasteiger partial charge in [0, 0.05) is 23.1 Å². The average molecular weight is 387 g/mol. The lowest BCUT2D eigenvalue weighted by Crippen LogP contribution is -2.04. The number of rotatable bonds is 7. The molecule has 0 atom stereocenters. The van der Waals surface area contributed by atoms with Crippen LogP contribution in [0.2, 0.25) is 0 Å². The van der Waals surface area contributed by atoms with Gasteiger partial charge in [-0.3, -0.25) is 4.79 Å². The number of fused-ring (bicyclic) bond motifs is 1. The second-order valence-corrected chi connectivity index (χ2v) is 6.85. The van der Waals surface area contributed by atoms with Crippen LogP contribution in [0, 0.1) is 0 Å². The Hall–Kier alpha value is -3.57. The molecule has 0 saturated heterocycles. The summed E-state index contributed by atoms with van der Waals surface area (Å²) in [6.45, 7) is 0.825. The molecule has 0 fully saturated rings. The quantitative estimate of drug-likeness (QED) is 0.477. The van der Waals surface area contributed by atoms with Crippen molar-refractivity contribution in [2.24, 2.45) is 5.73 Å². The zero-order chi connectivity index (χ0) is 20.2. The number of hydrogen-bond acceptors (Lipinski definition) is 4. The van der Waals surface area contributed by atoms with Crippen molar-refractivity contribution in [1.82, 2.24) is 0 Å². The molecule has 29 heavy (non-hydrogen) atoms. The number of carboxylic acid groups (broad SMARTS) is 1. The van der Waals surface area contributed by atoms with E-state index in [4.69, 9.17) is 20.0 Å². The van der Waals surface area contributed by atoms with Gasteiger partial charge in [0.2, 0.25) is 0 Å². The fraction of sp³-hybridized carbons (Fsp3) is 0.125. The number of carboxylic acids is 1. The van der Waals surface area contributed by atoms with Gasteiger partial charge in [0.15, 0.2) is 0 Å². The summed E-state index contributed by atoms with van der Waals surface area (Å²) in [5.41, 5.74) is 11.2. The number of para-hydroxylation sites is 1. The van der Waals surface area contributed by atoms with Crippen LogP contribution in [0.5, 0.6) is 5.75 Å². The minimum Gasteiger partial charge on any atom is -0.489 e. The van der Waals surface area contributed by atoms with Gasteiger partial charge in [0.05, 0.1) is 12.7 Å². The van der Waals surface area contributed by atoms with Crippen LogP contribution in [-0.4, -0.2) is 11.1 Å². The lowest BCUT2D eigenvalue weighted by molar-refractivity contribution is -0.136. The molecule has 1 heterocycles. The maximum Gasteiger partial charge on any atom is 0.307 e. The summed E-state index contributed by atoms with van der Waals surface area (Å²) in [5, 5.41) is 10.1. The molecule has 0 amide bonds. The van der Waals surface area contributed by atoms with Crippen molar-refractivity contribution in [2.75, 3.05) is 0 Å². The molecule has 3 aromatic carbocycles. The largest absolute Gasteiger partial charge is 0.489 e. The van der Waals surface area contributed by atoms with Crippen LogP contribution in [0.15, 0.2) is 77.4 Å². The summed E-state index contributed by atoms with van der Waals surface area (Å²) in [4.78, 5) is 11.1. The number of nitrogens with two attached hydrogens (primary N) is 1. The van der Waals surface area contributed by atoms with Crippen molar-refractivity contribution >= 4 is 16.9 Å². The second kappa shape index (κ2) is 8.20. The maximum absolute atomic E-state index is 11.1. The molecular formula is C24H21NO4. The van der Waals surface area contributed by atoms with Crippen LogP contribution in [-0.2, 0) is 24.4 Å². The lowest BCUT2D eigenvalue weighted by atomic mass is 9.99. The first kappa shape index (κ1) is 18.8. The molecule has 0 unspecified atom stereocenters. The molecule has 146 valence electrons. The first-order valence-corrected chi connectivity index (χ1v) is 9.36. The van der Waals surface area contributed by atoms with Crippen LogP contribution < -0.4 is 10.5 Å². The van der Waals surface area contributed by atoms with Gasteiger partial charge < -0.3 is 20.0 Å². The fourth-order valence-electron chi connectivity index (χ4n) is 3.38. The first-order valence-electron chi connectivity index (χ1n) is 9.36. The van der Waals surface area contributed by atoms with Crippen molar-refractivity contribution < 1.29 is 19.1 Å². The van der Waals surface area contributed by atoms with Gasteiger partial charge in [-0.15, -0.1) is 0 Å². The molecule has 1 aromatic heterocycles. The highest BCUT2D eigenvalue weighted by Crippen LogP contribution is 2.32. The van der Waals surface area contributed by atoms with E-state index in [0.29, 0.717) is 24.5 Å². The normalized spacial score (nSPS) is 10.9. The topological polar surface area (TPSA) is 85.7 Å². The smallest absolute Gasteiger partial charge is 0.307 e. The monoisotopic (exact) mass is 387 g/mol. The molecule has 0 saturated carbocycles. The van der Waals surface area contributed by atoms with Crippen molar-refractivity contribution in [2.45, 2.75) is 19.6 Å². The van der Waals surface area contributed by atoms with Crippen LogP contribution in [0.3, 0.4) is 0 Å². The molecule has 0 aliphatic carbocycles. The minimum absolute atomic E-state index is 0.0737. The van der Waals surface area contributed by atoms with E-state index in [-0.39, 0.29) is 6.42 Å². The Kier molecular flexibility index (Phi) is 5.31. The van der Waals surface area contributed by atoms with Gasteiger partial charge in [0.25, 0.3) is 0 Å². The molecule has 4 aromatic rings. The third-order valence-electron chi connectivity index (χ3n) is 4.82. The highest BCUT2D eigenvalue weighted by molar-refractivity contribution is 5.93. The molecule has 0 bridgehead atoms. The summed E-state index contributed by atoms with van der Waals surface area (Å²) in [6, 6.07) is 21.3. The average Bonchev–Trinajstić information content (AvgIpc) is 3.21. The first-order chi connectivity index (χ1) is 14.1. The van der Waals surface area contributed by atoms with E-state index < -0.39 is 5.97 Å². The van der Waals surface area contributed by atoms with Crippen LogP contribution in [0.25, 0.3) is 22.1 Å². The molecular weight excluding hydrogens is 366 g/mol. The molecule has 0 radical (unpaired) electrons. The highest BCUT2D eigenvalue weighted by atomic mass is 16.5. The number of furan rings is 1. The van der Waals surface area contributed by atoms with E-state index in [1.54, 1.807) is 18.4 Å². The molecule has 3 N–H and O–H groups in total. The molecule has 5 heteroatoms. The third-order valence-corrected chi connectivity index (χ3v) is 4.82. The van der Waals surface area contributed by atoms with Crippen molar-refractivity contribution in [3.63, 3.8) is 0 Å². The molecule has 0 aliphatic heterocycles. The Morgan fingerprint density at radius 1 is 1.00 bits per heavy atom. The van der Waals surface area contributed by atoms with Crippen LogP contribution in [0.4, 0.5) is 0 Å².